The van der Waals surface area contributed by atoms with Gasteiger partial charge in [-0.25, -0.2) is 4.79 Å². The zero-order valence-electron chi connectivity index (χ0n) is 9.61. The third-order valence-corrected chi connectivity index (χ3v) is 2.30. The maximum atomic E-state index is 11.3. The topological polar surface area (TPSA) is 118 Å². The van der Waals surface area contributed by atoms with Crippen molar-refractivity contribution in [2.24, 2.45) is 11.5 Å². The lowest BCUT2D eigenvalue weighted by atomic mass is 10.1. The molecule has 6 nitrogen and oxygen atoms in total. The fourth-order valence-corrected chi connectivity index (χ4v) is 1.24. The average Bonchev–Trinajstić information content (AvgIpc) is 2.26. The van der Waals surface area contributed by atoms with Crippen molar-refractivity contribution in [1.82, 2.24) is 5.32 Å². The number of rotatable bonds is 8. The van der Waals surface area contributed by atoms with Gasteiger partial charge in [-0.3, -0.25) is 4.79 Å². The van der Waals surface area contributed by atoms with E-state index in [1.54, 1.807) is 0 Å². The smallest absolute Gasteiger partial charge is 0.326 e. The second-order valence-electron chi connectivity index (χ2n) is 3.74. The van der Waals surface area contributed by atoms with Crippen LogP contribution < -0.4 is 16.8 Å². The van der Waals surface area contributed by atoms with Crippen molar-refractivity contribution in [3.63, 3.8) is 0 Å². The molecule has 0 spiro atoms. The summed E-state index contributed by atoms with van der Waals surface area (Å²) in [5.41, 5.74) is 10.6. The van der Waals surface area contributed by atoms with E-state index in [1.807, 2.05) is 6.92 Å². The van der Waals surface area contributed by atoms with E-state index in [-0.39, 0.29) is 6.54 Å². The number of amides is 1. The fourth-order valence-electron chi connectivity index (χ4n) is 1.24. The molecule has 2 atom stereocenters. The van der Waals surface area contributed by atoms with Crippen LogP contribution in [0.15, 0.2) is 0 Å². The molecule has 94 valence electrons. The molecule has 0 heterocycles. The van der Waals surface area contributed by atoms with Crippen LogP contribution in [0.2, 0.25) is 0 Å². The Kier molecular flexibility index (Phi) is 7.49. The molecule has 0 fully saturated rings. The van der Waals surface area contributed by atoms with Crippen LogP contribution in [0.3, 0.4) is 0 Å². The van der Waals surface area contributed by atoms with Crippen LogP contribution in [0.4, 0.5) is 0 Å². The number of carbonyl (C=O) groups excluding carboxylic acids is 1. The third kappa shape index (κ3) is 5.67. The zero-order chi connectivity index (χ0) is 12.6. The molecule has 0 aliphatic carbocycles. The standard InChI is InChI=1S/C10H21N3O3/c1-2-3-4-5-8(10(15)16)13-9(14)7(12)6-11/h7-8H,2-6,11-12H2,1H3,(H,13,14)(H,15,16)/t7-,8+/m1/s1. The Morgan fingerprint density at radius 1 is 1.38 bits per heavy atom. The Labute approximate surface area is 95.4 Å². The Morgan fingerprint density at radius 3 is 2.44 bits per heavy atom. The summed E-state index contributed by atoms with van der Waals surface area (Å²) in [6.45, 7) is 2.03. The summed E-state index contributed by atoms with van der Waals surface area (Å²) in [5.74, 6) is -1.54. The number of hydrogen-bond donors (Lipinski definition) is 4. The minimum absolute atomic E-state index is 0.00708. The number of carboxylic acids is 1. The zero-order valence-corrected chi connectivity index (χ0v) is 9.61. The van der Waals surface area contributed by atoms with Crippen LogP contribution in [0.25, 0.3) is 0 Å². The van der Waals surface area contributed by atoms with E-state index in [4.69, 9.17) is 16.6 Å². The molecule has 0 aromatic heterocycles. The first-order valence-electron chi connectivity index (χ1n) is 5.51. The van der Waals surface area contributed by atoms with E-state index < -0.39 is 24.0 Å². The second kappa shape index (κ2) is 8.06. The van der Waals surface area contributed by atoms with Gasteiger partial charge in [0.2, 0.25) is 5.91 Å². The van der Waals surface area contributed by atoms with Gasteiger partial charge in [-0.15, -0.1) is 0 Å². The molecule has 0 aromatic carbocycles. The summed E-state index contributed by atoms with van der Waals surface area (Å²) < 4.78 is 0. The minimum Gasteiger partial charge on any atom is -0.480 e. The van der Waals surface area contributed by atoms with E-state index in [1.165, 1.54) is 0 Å². The molecular formula is C10H21N3O3. The van der Waals surface area contributed by atoms with Crippen molar-refractivity contribution in [2.75, 3.05) is 6.54 Å². The van der Waals surface area contributed by atoms with E-state index in [0.29, 0.717) is 6.42 Å². The Balaban J connectivity index is 4.12. The quantitative estimate of drug-likeness (QED) is 0.417. The van der Waals surface area contributed by atoms with Crippen LogP contribution >= 0.6 is 0 Å². The first kappa shape index (κ1) is 14.9. The molecule has 0 aliphatic rings. The molecule has 0 unspecified atom stereocenters. The number of nitrogens with two attached hydrogens (primary N) is 2. The number of nitrogens with one attached hydrogen (secondary N) is 1. The monoisotopic (exact) mass is 231 g/mol. The first-order valence-corrected chi connectivity index (χ1v) is 5.51. The van der Waals surface area contributed by atoms with Gasteiger partial charge in [0, 0.05) is 6.54 Å². The lowest BCUT2D eigenvalue weighted by Crippen LogP contribution is -2.51. The number of aliphatic carboxylic acids is 1. The largest absolute Gasteiger partial charge is 0.480 e. The molecule has 0 saturated heterocycles. The molecule has 1 amide bonds. The number of carboxylic acid groups (broad SMARTS) is 1. The fraction of sp³-hybridized carbons (Fsp3) is 0.800. The highest BCUT2D eigenvalue weighted by Crippen LogP contribution is 2.03. The van der Waals surface area contributed by atoms with E-state index in [0.717, 1.165) is 19.3 Å². The molecule has 6 heteroatoms. The highest BCUT2D eigenvalue weighted by atomic mass is 16.4. The van der Waals surface area contributed by atoms with Gasteiger partial charge < -0.3 is 21.9 Å². The van der Waals surface area contributed by atoms with Crippen molar-refractivity contribution in [2.45, 2.75) is 44.7 Å². The van der Waals surface area contributed by atoms with Crippen molar-refractivity contribution >= 4 is 11.9 Å². The van der Waals surface area contributed by atoms with Crippen LogP contribution in [0.1, 0.15) is 32.6 Å². The molecule has 16 heavy (non-hydrogen) atoms. The predicted molar refractivity (Wildman–Crippen MR) is 60.7 cm³/mol. The SMILES string of the molecule is CCCCC[C@H](NC(=O)[C@H](N)CN)C(=O)O. The highest BCUT2D eigenvalue weighted by molar-refractivity contribution is 5.86. The number of carbonyl (C=O) groups is 2. The van der Waals surface area contributed by atoms with E-state index in [2.05, 4.69) is 5.32 Å². The molecule has 0 bridgehead atoms. The predicted octanol–water partition coefficient (Wildman–Crippen LogP) is -0.578. The molecule has 0 aromatic rings. The van der Waals surface area contributed by atoms with Gasteiger partial charge in [0.05, 0.1) is 6.04 Å². The molecular weight excluding hydrogens is 210 g/mol. The van der Waals surface area contributed by atoms with E-state index in [9.17, 15) is 9.59 Å². The molecule has 6 N–H and O–H groups in total. The summed E-state index contributed by atoms with van der Waals surface area (Å²) in [6.07, 6.45) is 3.14. The van der Waals surface area contributed by atoms with Crippen molar-refractivity contribution in [3.05, 3.63) is 0 Å². The van der Waals surface area contributed by atoms with Gasteiger partial charge >= 0.3 is 5.97 Å². The summed E-state index contributed by atoms with van der Waals surface area (Å²) >= 11 is 0. The highest BCUT2D eigenvalue weighted by Gasteiger charge is 2.21. The van der Waals surface area contributed by atoms with Gasteiger partial charge in [0.1, 0.15) is 6.04 Å². The Morgan fingerprint density at radius 2 is 2.00 bits per heavy atom. The van der Waals surface area contributed by atoms with E-state index >= 15 is 0 Å². The molecule has 0 radical (unpaired) electrons. The van der Waals surface area contributed by atoms with Gasteiger partial charge in [-0.05, 0) is 6.42 Å². The van der Waals surface area contributed by atoms with Gasteiger partial charge in [-0.2, -0.15) is 0 Å². The maximum absolute atomic E-state index is 11.3. The van der Waals surface area contributed by atoms with Crippen molar-refractivity contribution in [1.29, 1.82) is 0 Å². The maximum Gasteiger partial charge on any atom is 0.326 e. The van der Waals surface area contributed by atoms with Crippen LogP contribution in [-0.2, 0) is 9.59 Å². The van der Waals surface area contributed by atoms with Crippen LogP contribution in [-0.4, -0.2) is 35.6 Å². The minimum atomic E-state index is -1.03. The summed E-state index contributed by atoms with van der Waals surface area (Å²) in [7, 11) is 0. The van der Waals surface area contributed by atoms with Gasteiger partial charge in [-0.1, -0.05) is 26.2 Å². The van der Waals surface area contributed by atoms with Gasteiger partial charge in [0.25, 0.3) is 0 Å². The summed E-state index contributed by atoms with van der Waals surface area (Å²) in [5, 5.41) is 11.3. The molecule has 0 rings (SSSR count). The van der Waals surface area contributed by atoms with Crippen molar-refractivity contribution < 1.29 is 14.7 Å². The van der Waals surface area contributed by atoms with Gasteiger partial charge in [0.15, 0.2) is 0 Å². The van der Waals surface area contributed by atoms with Crippen molar-refractivity contribution in [3.8, 4) is 0 Å². The average molecular weight is 231 g/mol. The Hall–Kier alpha value is -1.14. The summed E-state index contributed by atoms with van der Waals surface area (Å²) in [4.78, 5) is 22.2. The lowest BCUT2D eigenvalue weighted by Gasteiger charge is -2.16. The normalized spacial score (nSPS) is 14.2. The first-order chi connectivity index (χ1) is 7.52. The van der Waals surface area contributed by atoms with Crippen LogP contribution in [0, 0.1) is 0 Å². The lowest BCUT2D eigenvalue weighted by molar-refractivity contribution is -0.142. The Bertz CT molecular complexity index is 233. The number of unbranched alkanes of at least 4 members (excludes halogenated alkanes) is 2. The van der Waals surface area contributed by atoms with Crippen LogP contribution in [0.5, 0.6) is 0 Å². The second-order valence-corrected chi connectivity index (χ2v) is 3.74. The number of hydrogen-bond acceptors (Lipinski definition) is 4. The molecule has 0 aliphatic heterocycles. The third-order valence-electron chi connectivity index (χ3n) is 2.30. The molecule has 0 saturated carbocycles. The summed E-state index contributed by atoms with van der Waals surface area (Å²) in [6, 6.07) is -1.70.